The van der Waals surface area contributed by atoms with E-state index in [9.17, 15) is 4.39 Å². The average Bonchev–Trinajstić information content (AvgIpc) is 2.98. The van der Waals surface area contributed by atoms with Gasteiger partial charge in [-0.05, 0) is 41.5 Å². The minimum absolute atomic E-state index is 0. The summed E-state index contributed by atoms with van der Waals surface area (Å²) in [6.45, 7) is 0.514. The lowest BCUT2D eigenvalue weighted by Crippen LogP contribution is -1.95. The van der Waals surface area contributed by atoms with Gasteiger partial charge in [0, 0.05) is 18.3 Å². The molecule has 108 valence electrons. The Labute approximate surface area is 128 Å². The van der Waals surface area contributed by atoms with Crippen molar-refractivity contribution < 1.29 is 4.39 Å². The molecular formula is C16H15ClFN3. The van der Waals surface area contributed by atoms with Crippen molar-refractivity contribution in [3.63, 3.8) is 0 Å². The molecule has 1 aromatic heterocycles. The predicted octanol–water partition coefficient (Wildman–Crippen LogP) is 3.56. The van der Waals surface area contributed by atoms with Crippen molar-refractivity contribution in [1.29, 1.82) is 0 Å². The van der Waals surface area contributed by atoms with Crippen LogP contribution in [0.2, 0.25) is 0 Å². The van der Waals surface area contributed by atoms with E-state index in [0.29, 0.717) is 6.54 Å². The second-order valence-corrected chi connectivity index (χ2v) is 4.55. The first-order valence-electron chi connectivity index (χ1n) is 6.36. The molecule has 3 rings (SSSR count). The lowest BCUT2D eigenvalue weighted by Gasteiger charge is -2.01. The van der Waals surface area contributed by atoms with Crippen molar-refractivity contribution in [2.24, 2.45) is 5.73 Å². The molecule has 21 heavy (non-hydrogen) atoms. The van der Waals surface area contributed by atoms with Crippen LogP contribution in [0.25, 0.3) is 16.8 Å². The maximum absolute atomic E-state index is 12.9. The monoisotopic (exact) mass is 303 g/mol. The van der Waals surface area contributed by atoms with Crippen molar-refractivity contribution in [3.8, 4) is 16.8 Å². The summed E-state index contributed by atoms with van der Waals surface area (Å²) in [5, 5.41) is 4.31. The van der Waals surface area contributed by atoms with Gasteiger partial charge in [-0.25, -0.2) is 9.07 Å². The summed E-state index contributed by atoms with van der Waals surface area (Å²) in [6.07, 6.45) is 3.71. The van der Waals surface area contributed by atoms with Crippen LogP contribution in [-0.2, 0) is 6.54 Å². The van der Waals surface area contributed by atoms with E-state index in [0.717, 1.165) is 22.4 Å². The van der Waals surface area contributed by atoms with Gasteiger partial charge in [-0.1, -0.05) is 18.2 Å². The standard InChI is InChI=1S/C16H14FN3.ClH/c17-15-4-6-16(7-5-15)20-11-14(10-19-20)13-3-1-2-12(8-13)9-18;/h1-8,10-11H,9,18H2;1H. The lowest BCUT2D eigenvalue weighted by molar-refractivity contribution is 0.627. The molecule has 2 N–H and O–H groups in total. The Balaban J connectivity index is 0.00000161. The van der Waals surface area contributed by atoms with Gasteiger partial charge in [0.2, 0.25) is 0 Å². The Morgan fingerprint density at radius 1 is 1.05 bits per heavy atom. The maximum atomic E-state index is 12.9. The van der Waals surface area contributed by atoms with Crippen molar-refractivity contribution in [2.45, 2.75) is 6.54 Å². The fourth-order valence-electron chi connectivity index (χ4n) is 2.08. The highest BCUT2D eigenvalue weighted by Crippen LogP contribution is 2.21. The normalized spacial score (nSPS) is 10.2. The van der Waals surface area contributed by atoms with Crippen molar-refractivity contribution in [2.75, 3.05) is 0 Å². The summed E-state index contributed by atoms with van der Waals surface area (Å²) < 4.78 is 14.6. The molecule has 2 aromatic carbocycles. The highest BCUT2D eigenvalue weighted by atomic mass is 35.5. The van der Waals surface area contributed by atoms with Gasteiger partial charge < -0.3 is 5.73 Å². The Kier molecular flexibility index (Phi) is 4.73. The summed E-state index contributed by atoms with van der Waals surface area (Å²) in [4.78, 5) is 0. The zero-order valence-electron chi connectivity index (χ0n) is 11.2. The molecule has 3 nitrogen and oxygen atoms in total. The van der Waals surface area contributed by atoms with E-state index < -0.39 is 0 Å². The predicted molar refractivity (Wildman–Crippen MR) is 84.1 cm³/mol. The van der Waals surface area contributed by atoms with Crippen LogP contribution in [0.15, 0.2) is 60.9 Å². The SMILES string of the molecule is Cl.NCc1cccc(-c2cnn(-c3ccc(F)cc3)c2)c1. The van der Waals surface area contributed by atoms with Gasteiger partial charge in [-0.3, -0.25) is 0 Å². The summed E-state index contributed by atoms with van der Waals surface area (Å²) in [5.74, 6) is -0.253. The highest BCUT2D eigenvalue weighted by molar-refractivity contribution is 5.85. The van der Waals surface area contributed by atoms with Gasteiger partial charge in [0.25, 0.3) is 0 Å². The molecule has 0 aliphatic carbocycles. The second-order valence-electron chi connectivity index (χ2n) is 4.55. The first kappa shape index (κ1) is 15.2. The van der Waals surface area contributed by atoms with E-state index in [1.165, 1.54) is 12.1 Å². The maximum Gasteiger partial charge on any atom is 0.123 e. The molecule has 0 amide bonds. The minimum atomic E-state index is -0.253. The first-order chi connectivity index (χ1) is 9.76. The van der Waals surface area contributed by atoms with Gasteiger partial charge in [-0.2, -0.15) is 5.10 Å². The lowest BCUT2D eigenvalue weighted by atomic mass is 10.1. The van der Waals surface area contributed by atoms with Crippen LogP contribution in [0, 0.1) is 5.82 Å². The molecule has 0 atom stereocenters. The fourth-order valence-corrected chi connectivity index (χ4v) is 2.08. The van der Waals surface area contributed by atoms with Crippen LogP contribution in [-0.4, -0.2) is 9.78 Å². The molecule has 5 heteroatoms. The fraction of sp³-hybridized carbons (Fsp3) is 0.0625. The largest absolute Gasteiger partial charge is 0.326 e. The zero-order valence-corrected chi connectivity index (χ0v) is 12.1. The number of aromatic nitrogens is 2. The summed E-state index contributed by atoms with van der Waals surface area (Å²) >= 11 is 0. The summed E-state index contributed by atoms with van der Waals surface area (Å²) in [5.41, 5.74) is 9.63. The summed E-state index contributed by atoms with van der Waals surface area (Å²) in [6, 6.07) is 14.3. The highest BCUT2D eigenvalue weighted by Gasteiger charge is 2.04. The van der Waals surface area contributed by atoms with Crippen LogP contribution in [0.4, 0.5) is 4.39 Å². The number of halogens is 2. The molecule has 0 aliphatic rings. The molecule has 0 unspecified atom stereocenters. The van der Waals surface area contributed by atoms with Gasteiger partial charge in [0.05, 0.1) is 11.9 Å². The van der Waals surface area contributed by atoms with Crippen LogP contribution in [0.5, 0.6) is 0 Å². The molecule has 0 aliphatic heterocycles. The quantitative estimate of drug-likeness (QED) is 0.804. The molecular weight excluding hydrogens is 289 g/mol. The van der Waals surface area contributed by atoms with E-state index in [2.05, 4.69) is 5.10 Å². The molecule has 1 heterocycles. The van der Waals surface area contributed by atoms with Crippen LogP contribution in [0.1, 0.15) is 5.56 Å². The molecule has 0 fully saturated rings. The molecule has 0 saturated heterocycles. The van der Waals surface area contributed by atoms with E-state index >= 15 is 0 Å². The molecule has 3 aromatic rings. The number of hydrogen-bond acceptors (Lipinski definition) is 2. The number of nitrogens with zero attached hydrogens (tertiary/aromatic N) is 2. The van der Waals surface area contributed by atoms with E-state index in [1.54, 1.807) is 23.0 Å². The Morgan fingerprint density at radius 2 is 1.81 bits per heavy atom. The topological polar surface area (TPSA) is 43.8 Å². The smallest absolute Gasteiger partial charge is 0.123 e. The molecule has 0 bridgehead atoms. The molecule has 0 spiro atoms. The third-order valence-electron chi connectivity index (χ3n) is 3.17. The zero-order chi connectivity index (χ0) is 13.9. The summed E-state index contributed by atoms with van der Waals surface area (Å²) in [7, 11) is 0. The van der Waals surface area contributed by atoms with Crippen molar-refractivity contribution in [3.05, 3.63) is 72.3 Å². The van der Waals surface area contributed by atoms with Gasteiger partial charge in [-0.15, -0.1) is 12.4 Å². The van der Waals surface area contributed by atoms with Crippen molar-refractivity contribution >= 4 is 12.4 Å². The third-order valence-corrected chi connectivity index (χ3v) is 3.17. The number of benzene rings is 2. The Morgan fingerprint density at radius 3 is 2.52 bits per heavy atom. The van der Waals surface area contributed by atoms with E-state index in [4.69, 9.17) is 5.73 Å². The van der Waals surface area contributed by atoms with E-state index in [-0.39, 0.29) is 18.2 Å². The van der Waals surface area contributed by atoms with E-state index in [1.807, 2.05) is 30.5 Å². The number of hydrogen-bond donors (Lipinski definition) is 1. The third kappa shape index (κ3) is 3.29. The van der Waals surface area contributed by atoms with Crippen molar-refractivity contribution in [1.82, 2.24) is 9.78 Å². The van der Waals surface area contributed by atoms with Gasteiger partial charge in [0.1, 0.15) is 5.82 Å². The Bertz CT molecular complexity index is 722. The van der Waals surface area contributed by atoms with Crippen LogP contribution in [0.3, 0.4) is 0 Å². The average molecular weight is 304 g/mol. The Hall–Kier alpha value is -2.17. The molecule has 0 saturated carbocycles. The van der Waals surface area contributed by atoms with Crippen LogP contribution < -0.4 is 5.73 Å². The number of nitrogens with two attached hydrogens (primary N) is 1. The first-order valence-corrected chi connectivity index (χ1v) is 6.36. The van der Waals surface area contributed by atoms with Gasteiger partial charge >= 0.3 is 0 Å². The van der Waals surface area contributed by atoms with Crippen LogP contribution >= 0.6 is 12.4 Å². The second kappa shape index (κ2) is 6.52. The minimum Gasteiger partial charge on any atom is -0.326 e. The number of rotatable bonds is 3. The molecule has 0 radical (unpaired) electrons. The van der Waals surface area contributed by atoms with Gasteiger partial charge in [0.15, 0.2) is 0 Å².